The SMILES string of the molecule is Cl.O=C(O)[C@H]1CCC2CC(=C(c3ccccc3)c3ccccc3)CCN2C1. The van der Waals surface area contributed by atoms with Crippen molar-refractivity contribution < 1.29 is 9.90 Å². The molecule has 2 saturated heterocycles. The first-order valence-electron chi connectivity index (χ1n) is 9.52. The van der Waals surface area contributed by atoms with E-state index in [1.807, 2.05) is 0 Å². The summed E-state index contributed by atoms with van der Waals surface area (Å²) in [6.07, 6.45) is 3.85. The van der Waals surface area contributed by atoms with Gasteiger partial charge in [-0.15, -0.1) is 12.4 Å². The van der Waals surface area contributed by atoms with E-state index < -0.39 is 5.97 Å². The van der Waals surface area contributed by atoms with E-state index in [1.54, 1.807) is 0 Å². The first-order chi connectivity index (χ1) is 12.7. The molecule has 142 valence electrons. The van der Waals surface area contributed by atoms with Crippen LogP contribution in [0.2, 0.25) is 0 Å². The van der Waals surface area contributed by atoms with E-state index in [1.165, 1.54) is 22.3 Å². The van der Waals surface area contributed by atoms with Gasteiger partial charge in [-0.3, -0.25) is 9.69 Å². The third-order valence-electron chi connectivity index (χ3n) is 5.83. The molecule has 0 bridgehead atoms. The summed E-state index contributed by atoms with van der Waals surface area (Å²) >= 11 is 0. The van der Waals surface area contributed by atoms with Gasteiger partial charge in [-0.2, -0.15) is 0 Å². The largest absolute Gasteiger partial charge is 0.481 e. The first kappa shape index (κ1) is 19.7. The molecular weight excluding hydrogens is 358 g/mol. The lowest BCUT2D eigenvalue weighted by Crippen LogP contribution is -2.48. The predicted octanol–water partition coefficient (Wildman–Crippen LogP) is 4.87. The molecule has 2 aliphatic heterocycles. The van der Waals surface area contributed by atoms with Crippen LogP contribution < -0.4 is 0 Å². The molecule has 2 aliphatic rings. The van der Waals surface area contributed by atoms with E-state index in [0.717, 1.165) is 32.2 Å². The Kier molecular flexibility index (Phi) is 6.35. The number of fused-ring (bicyclic) bond motifs is 1. The number of carboxylic acids is 1. The van der Waals surface area contributed by atoms with Crippen LogP contribution in [0.4, 0.5) is 0 Å². The van der Waals surface area contributed by atoms with E-state index in [4.69, 9.17) is 0 Å². The van der Waals surface area contributed by atoms with Gasteiger partial charge in [0.25, 0.3) is 0 Å². The molecule has 2 heterocycles. The second-order valence-electron chi connectivity index (χ2n) is 7.43. The number of aliphatic carboxylic acids is 1. The lowest BCUT2D eigenvalue weighted by atomic mass is 9.81. The predicted molar refractivity (Wildman–Crippen MR) is 111 cm³/mol. The average molecular weight is 384 g/mol. The fourth-order valence-corrected chi connectivity index (χ4v) is 4.48. The molecule has 0 saturated carbocycles. The van der Waals surface area contributed by atoms with Gasteiger partial charge < -0.3 is 5.11 Å². The summed E-state index contributed by atoms with van der Waals surface area (Å²) in [6, 6.07) is 21.8. The standard InChI is InChI=1S/C23H25NO2.ClH/c25-23(26)20-11-12-21-15-19(13-14-24(21)16-20)22(17-7-3-1-4-8-17)18-9-5-2-6-10-18;/h1-10,20-21H,11-16H2,(H,25,26);1H/t20-,21?;/m0./s1. The number of hydrogen-bond acceptors (Lipinski definition) is 2. The van der Waals surface area contributed by atoms with Gasteiger partial charge in [-0.25, -0.2) is 0 Å². The Labute approximate surface area is 167 Å². The zero-order valence-electron chi connectivity index (χ0n) is 15.4. The zero-order chi connectivity index (χ0) is 17.9. The Morgan fingerprint density at radius 2 is 1.52 bits per heavy atom. The van der Waals surface area contributed by atoms with Crippen molar-refractivity contribution >= 4 is 23.9 Å². The highest BCUT2D eigenvalue weighted by Crippen LogP contribution is 2.37. The summed E-state index contributed by atoms with van der Waals surface area (Å²) < 4.78 is 0. The van der Waals surface area contributed by atoms with Gasteiger partial charge in [0, 0.05) is 19.1 Å². The van der Waals surface area contributed by atoms with Crippen molar-refractivity contribution in [2.75, 3.05) is 13.1 Å². The van der Waals surface area contributed by atoms with Gasteiger partial charge in [0.2, 0.25) is 0 Å². The van der Waals surface area contributed by atoms with Crippen molar-refractivity contribution in [2.24, 2.45) is 5.92 Å². The minimum Gasteiger partial charge on any atom is -0.481 e. The maximum atomic E-state index is 11.3. The number of nitrogens with zero attached hydrogens (tertiary/aromatic N) is 1. The minimum atomic E-state index is -0.640. The van der Waals surface area contributed by atoms with Crippen molar-refractivity contribution in [3.05, 3.63) is 77.4 Å². The maximum Gasteiger partial charge on any atom is 0.307 e. The van der Waals surface area contributed by atoms with Crippen molar-refractivity contribution in [1.82, 2.24) is 4.90 Å². The van der Waals surface area contributed by atoms with Crippen LogP contribution in [0.5, 0.6) is 0 Å². The van der Waals surface area contributed by atoms with Crippen LogP contribution in [0, 0.1) is 5.92 Å². The number of rotatable bonds is 3. The van der Waals surface area contributed by atoms with Crippen molar-refractivity contribution in [1.29, 1.82) is 0 Å². The molecule has 0 radical (unpaired) electrons. The molecule has 0 aliphatic carbocycles. The van der Waals surface area contributed by atoms with E-state index in [-0.39, 0.29) is 18.3 Å². The third-order valence-corrected chi connectivity index (χ3v) is 5.83. The summed E-state index contributed by atoms with van der Waals surface area (Å²) in [5.74, 6) is -0.835. The van der Waals surface area contributed by atoms with E-state index in [9.17, 15) is 9.90 Å². The molecular formula is C23H26ClNO2. The van der Waals surface area contributed by atoms with Crippen molar-refractivity contribution in [3.63, 3.8) is 0 Å². The van der Waals surface area contributed by atoms with Crippen LogP contribution in [0.15, 0.2) is 66.2 Å². The van der Waals surface area contributed by atoms with E-state index in [2.05, 4.69) is 65.6 Å². The Balaban J connectivity index is 0.00000210. The summed E-state index contributed by atoms with van der Waals surface area (Å²) in [6.45, 7) is 1.67. The van der Waals surface area contributed by atoms with Crippen LogP contribution in [-0.4, -0.2) is 35.1 Å². The van der Waals surface area contributed by atoms with Crippen LogP contribution in [0.1, 0.15) is 36.8 Å². The maximum absolute atomic E-state index is 11.3. The van der Waals surface area contributed by atoms with Crippen LogP contribution >= 0.6 is 12.4 Å². The highest BCUT2D eigenvalue weighted by Gasteiger charge is 2.35. The number of carbonyl (C=O) groups is 1. The molecule has 27 heavy (non-hydrogen) atoms. The molecule has 4 heteroatoms. The number of halogens is 1. The van der Waals surface area contributed by atoms with Crippen LogP contribution in [0.25, 0.3) is 5.57 Å². The highest BCUT2D eigenvalue weighted by molar-refractivity contribution is 5.85. The normalized spacial score (nSPS) is 22.4. The fourth-order valence-electron chi connectivity index (χ4n) is 4.48. The zero-order valence-corrected chi connectivity index (χ0v) is 16.2. The van der Waals surface area contributed by atoms with Gasteiger partial charge in [0.15, 0.2) is 0 Å². The Hall–Kier alpha value is -2.10. The molecule has 2 atom stereocenters. The van der Waals surface area contributed by atoms with Crippen molar-refractivity contribution in [2.45, 2.75) is 31.7 Å². The minimum absolute atomic E-state index is 0. The summed E-state index contributed by atoms with van der Waals surface area (Å²) in [5, 5.41) is 9.33. The highest BCUT2D eigenvalue weighted by atomic mass is 35.5. The number of benzene rings is 2. The first-order valence-corrected chi connectivity index (χ1v) is 9.52. The molecule has 0 amide bonds. The number of piperidine rings is 2. The van der Waals surface area contributed by atoms with E-state index >= 15 is 0 Å². The third kappa shape index (κ3) is 4.26. The summed E-state index contributed by atoms with van der Waals surface area (Å²) in [4.78, 5) is 13.7. The van der Waals surface area contributed by atoms with Gasteiger partial charge in [0.05, 0.1) is 5.92 Å². The number of hydrogen-bond donors (Lipinski definition) is 1. The monoisotopic (exact) mass is 383 g/mol. The second kappa shape index (κ2) is 8.73. The molecule has 3 nitrogen and oxygen atoms in total. The van der Waals surface area contributed by atoms with Gasteiger partial charge in [0.1, 0.15) is 0 Å². The Morgan fingerprint density at radius 1 is 0.926 bits per heavy atom. The molecule has 1 N–H and O–H groups in total. The summed E-state index contributed by atoms with van der Waals surface area (Å²) in [7, 11) is 0. The second-order valence-corrected chi connectivity index (χ2v) is 7.43. The van der Waals surface area contributed by atoms with Crippen molar-refractivity contribution in [3.8, 4) is 0 Å². The Bertz CT molecular complexity index is 762. The van der Waals surface area contributed by atoms with E-state index in [0.29, 0.717) is 12.6 Å². The van der Waals surface area contributed by atoms with Gasteiger partial charge in [-0.05, 0) is 42.4 Å². The van der Waals surface area contributed by atoms with Gasteiger partial charge >= 0.3 is 5.97 Å². The fraction of sp³-hybridized carbons (Fsp3) is 0.348. The topological polar surface area (TPSA) is 40.5 Å². The Morgan fingerprint density at radius 3 is 2.07 bits per heavy atom. The molecule has 2 fully saturated rings. The van der Waals surface area contributed by atoms with Crippen LogP contribution in [0.3, 0.4) is 0 Å². The molecule has 0 aromatic heterocycles. The molecule has 4 rings (SSSR count). The lowest BCUT2D eigenvalue weighted by molar-refractivity contribution is -0.144. The lowest BCUT2D eigenvalue weighted by Gasteiger charge is -2.43. The molecule has 0 spiro atoms. The van der Waals surface area contributed by atoms with Crippen LogP contribution in [-0.2, 0) is 4.79 Å². The number of carboxylic acid groups (broad SMARTS) is 1. The summed E-state index contributed by atoms with van der Waals surface area (Å²) in [5.41, 5.74) is 5.44. The quantitative estimate of drug-likeness (QED) is 0.822. The molecule has 2 aromatic rings. The smallest absolute Gasteiger partial charge is 0.307 e. The molecule has 1 unspecified atom stereocenters. The average Bonchev–Trinajstić information content (AvgIpc) is 2.69. The molecule has 2 aromatic carbocycles. The van der Waals surface area contributed by atoms with Gasteiger partial charge in [-0.1, -0.05) is 66.2 Å².